The first-order valence-corrected chi connectivity index (χ1v) is 11.0. The predicted octanol–water partition coefficient (Wildman–Crippen LogP) is 4.66. The molecule has 1 N–H and O–H groups in total. The van der Waals surface area contributed by atoms with Crippen molar-refractivity contribution in [3.05, 3.63) is 90.0 Å². The Morgan fingerprint density at radius 2 is 1.64 bits per heavy atom. The topological polar surface area (TPSA) is 61.4 Å². The van der Waals surface area contributed by atoms with E-state index in [4.69, 9.17) is 0 Å². The van der Waals surface area contributed by atoms with Gasteiger partial charge >= 0.3 is 0 Å². The maximum atomic E-state index is 13.9. The van der Waals surface area contributed by atoms with Crippen molar-refractivity contribution < 1.29 is 9.18 Å². The van der Waals surface area contributed by atoms with Crippen LogP contribution in [0.5, 0.6) is 0 Å². The van der Waals surface area contributed by atoms with Gasteiger partial charge in [0.15, 0.2) is 0 Å². The van der Waals surface area contributed by atoms with Crippen molar-refractivity contribution in [2.75, 3.05) is 41.3 Å². The minimum Gasteiger partial charge on any atom is -0.353 e. The summed E-state index contributed by atoms with van der Waals surface area (Å²) in [7, 11) is 0. The van der Waals surface area contributed by atoms with Crippen LogP contribution in [0.1, 0.15) is 15.9 Å². The maximum absolute atomic E-state index is 13.9. The number of carbonyl (C=O) groups excluding carboxylic acids is 1. The van der Waals surface area contributed by atoms with Gasteiger partial charge in [-0.3, -0.25) is 4.79 Å². The van der Waals surface area contributed by atoms with Gasteiger partial charge in [0.25, 0.3) is 5.91 Å². The predicted molar refractivity (Wildman–Crippen MR) is 129 cm³/mol. The Labute approximate surface area is 191 Å². The van der Waals surface area contributed by atoms with Crippen LogP contribution in [-0.2, 0) is 0 Å². The van der Waals surface area contributed by atoms with E-state index in [0.717, 1.165) is 48.6 Å². The Kier molecular flexibility index (Phi) is 5.60. The number of fused-ring (bicyclic) bond motifs is 1. The second-order valence-electron chi connectivity index (χ2n) is 8.12. The van der Waals surface area contributed by atoms with Crippen molar-refractivity contribution in [1.29, 1.82) is 0 Å². The van der Waals surface area contributed by atoms with E-state index in [1.54, 1.807) is 25.3 Å². The van der Waals surface area contributed by atoms with Gasteiger partial charge in [-0.05, 0) is 42.1 Å². The Hall–Kier alpha value is -4.00. The lowest BCUT2D eigenvalue weighted by Gasteiger charge is -2.36. The number of piperazine rings is 1. The van der Waals surface area contributed by atoms with Gasteiger partial charge in [0.05, 0.1) is 5.56 Å². The summed E-state index contributed by atoms with van der Waals surface area (Å²) < 4.78 is 13.9. The highest BCUT2D eigenvalue weighted by Crippen LogP contribution is 2.29. The molecule has 1 aliphatic heterocycles. The number of anilines is 3. The number of hydrogen-bond donors (Lipinski definition) is 1. The van der Waals surface area contributed by atoms with Crippen molar-refractivity contribution in [2.24, 2.45) is 0 Å². The zero-order valence-corrected chi connectivity index (χ0v) is 18.3. The zero-order valence-electron chi connectivity index (χ0n) is 18.3. The Morgan fingerprint density at radius 1 is 0.909 bits per heavy atom. The van der Waals surface area contributed by atoms with Crippen molar-refractivity contribution in [3.8, 4) is 0 Å². The van der Waals surface area contributed by atoms with Gasteiger partial charge < -0.3 is 15.1 Å². The standard InChI is InChI=1S/C26H24FN5O/c1-18-9-10-19(16-23(18)27)30-26(33)22-17-29-25(21-7-3-2-6-20(21)22)32-14-12-31(13-15-32)24-8-4-5-11-28-24/h2-11,16-17H,12-15H2,1H3,(H,30,33). The van der Waals surface area contributed by atoms with E-state index in [9.17, 15) is 9.18 Å². The molecule has 3 heterocycles. The highest BCUT2D eigenvalue weighted by atomic mass is 19.1. The van der Waals surface area contributed by atoms with E-state index in [2.05, 4.69) is 25.1 Å². The van der Waals surface area contributed by atoms with Crippen LogP contribution >= 0.6 is 0 Å². The lowest BCUT2D eigenvalue weighted by atomic mass is 10.1. The number of rotatable bonds is 4. The fourth-order valence-electron chi connectivity index (χ4n) is 4.17. The van der Waals surface area contributed by atoms with Crippen LogP contribution in [-0.4, -0.2) is 42.1 Å². The molecule has 1 fully saturated rings. The number of aromatic nitrogens is 2. The van der Waals surface area contributed by atoms with Gasteiger partial charge in [-0.1, -0.05) is 36.4 Å². The number of benzene rings is 2. The molecular formula is C26H24FN5O. The summed E-state index contributed by atoms with van der Waals surface area (Å²) in [5.74, 6) is 1.18. The lowest BCUT2D eigenvalue weighted by Crippen LogP contribution is -2.47. The molecule has 33 heavy (non-hydrogen) atoms. The monoisotopic (exact) mass is 441 g/mol. The average molecular weight is 442 g/mol. The normalized spacial score (nSPS) is 13.9. The molecule has 0 atom stereocenters. The quantitative estimate of drug-likeness (QED) is 0.499. The summed E-state index contributed by atoms with van der Waals surface area (Å²) in [6.45, 7) is 4.99. The fraction of sp³-hybridized carbons (Fsp3) is 0.192. The van der Waals surface area contributed by atoms with E-state index >= 15 is 0 Å². The summed E-state index contributed by atoms with van der Waals surface area (Å²) in [4.78, 5) is 26.7. The van der Waals surface area contributed by atoms with Gasteiger partial charge in [-0.25, -0.2) is 14.4 Å². The van der Waals surface area contributed by atoms with Crippen molar-refractivity contribution in [3.63, 3.8) is 0 Å². The summed E-state index contributed by atoms with van der Waals surface area (Å²) in [5.41, 5.74) is 1.41. The maximum Gasteiger partial charge on any atom is 0.257 e. The molecule has 0 saturated carbocycles. The molecule has 166 valence electrons. The Balaban J connectivity index is 1.39. The summed E-state index contributed by atoms with van der Waals surface area (Å²) in [5, 5.41) is 4.54. The van der Waals surface area contributed by atoms with Crippen molar-refractivity contribution in [1.82, 2.24) is 9.97 Å². The SMILES string of the molecule is Cc1ccc(NC(=O)c2cnc(N3CCN(c4ccccn4)CC3)c3ccccc23)cc1F. The summed E-state index contributed by atoms with van der Waals surface area (Å²) in [6.07, 6.45) is 3.42. The average Bonchev–Trinajstić information content (AvgIpc) is 2.86. The van der Waals surface area contributed by atoms with Crippen molar-refractivity contribution in [2.45, 2.75) is 6.92 Å². The largest absolute Gasteiger partial charge is 0.353 e. The third kappa shape index (κ3) is 4.22. The van der Waals surface area contributed by atoms with E-state index in [1.165, 1.54) is 6.07 Å². The first kappa shape index (κ1) is 20.9. The van der Waals surface area contributed by atoms with E-state index in [0.29, 0.717) is 16.8 Å². The number of hydrogen-bond acceptors (Lipinski definition) is 5. The van der Waals surface area contributed by atoms with Crippen LogP contribution in [0.2, 0.25) is 0 Å². The molecule has 0 radical (unpaired) electrons. The third-order valence-electron chi connectivity index (χ3n) is 6.00. The van der Waals surface area contributed by atoms with Crippen LogP contribution in [0.4, 0.5) is 21.7 Å². The van der Waals surface area contributed by atoms with E-state index in [1.807, 2.05) is 48.7 Å². The molecule has 6 nitrogen and oxygen atoms in total. The number of carbonyl (C=O) groups is 1. The minimum absolute atomic E-state index is 0.312. The highest BCUT2D eigenvalue weighted by molar-refractivity contribution is 6.14. The third-order valence-corrected chi connectivity index (χ3v) is 6.00. The number of nitrogens with one attached hydrogen (secondary N) is 1. The molecule has 5 rings (SSSR count). The lowest BCUT2D eigenvalue weighted by molar-refractivity contribution is 0.102. The molecular weight excluding hydrogens is 417 g/mol. The van der Waals surface area contributed by atoms with Crippen LogP contribution in [0, 0.1) is 12.7 Å². The molecule has 2 aromatic carbocycles. The fourth-order valence-corrected chi connectivity index (χ4v) is 4.17. The summed E-state index contributed by atoms with van der Waals surface area (Å²) in [6, 6.07) is 18.4. The highest BCUT2D eigenvalue weighted by Gasteiger charge is 2.22. The second-order valence-corrected chi connectivity index (χ2v) is 8.12. The second kappa shape index (κ2) is 8.86. The number of nitrogens with zero attached hydrogens (tertiary/aromatic N) is 4. The van der Waals surface area contributed by atoms with Gasteiger partial charge in [0.2, 0.25) is 0 Å². The zero-order chi connectivity index (χ0) is 22.8. The molecule has 1 saturated heterocycles. The molecule has 2 aromatic heterocycles. The van der Waals surface area contributed by atoms with E-state index < -0.39 is 0 Å². The first-order valence-electron chi connectivity index (χ1n) is 11.0. The molecule has 0 aliphatic carbocycles. The van der Waals surface area contributed by atoms with Crippen LogP contribution in [0.25, 0.3) is 10.8 Å². The Bertz CT molecular complexity index is 1300. The molecule has 1 aliphatic rings. The molecule has 0 spiro atoms. The molecule has 4 aromatic rings. The summed E-state index contributed by atoms with van der Waals surface area (Å²) >= 11 is 0. The number of amides is 1. The van der Waals surface area contributed by atoms with Crippen LogP contribution in [0.3, 0.4) is 0 Å². The van der Waals surface area contributed by atoms with Crippen molar-refractivity contribution >= 4 is 34.0 Å². The Morgan fingerprint density at radius 3 is 2.36 bits per heavy atom. The smallest absolute Gasteiger partial charge is 0.257 e. The molecule has 1 amide bonds. The van der Waals surface area contributed by atoms with Gasteiger partial charge in [0, 0.05) is 49.6 Å². The number of pyridine rings is 2. The van der Waals surface area contributed by atoms with Crippen LogP contribution in [0.15, 0.2) is 73.1 Å². The molecule has 0 unspecified atom stereocenters. The van der Waals surface area contributed by atoms with Gasteiger partial charge in [-0.2, -0.15) is 0 Å². The van der Waals surface area contributed by atoms with Crippen LogP contribution < -0.4 is 15.1 Å². The van der Waals surface area contributed by atoms with Gasteiger partial charge in [-0.15, -0.1) is 0 Å². The number of aryl methyl sites for hydroxylation is 1. The number of halogens is 1. The molecule has 7 heteroatoms. The van der Waals surface area contributed by atoms with E-state index in [-0.39, 0.29) is 11.7 Å². The minimum atomic E-state index is -0.351. The van der Waals surface area contributed by atoms with Gasteiger partial charge in [0.1, 0.15) is 17.5 Å². The molecule has 0 bridgehead atoms. The first-order chi connectivity index (χ1) is 16.1.